The summed E-state index contributed by atoms with van der Waals surface area (Å²) in [6, 6.07) is 0. The molecule has 0 rings (SSSR count). The molecule has 0 radical (unpaired) electrons. The van der Waals surface area contributed by atoms with Gasteiger partial charge in [-0.2, -0.15) is 0 Å². The van der Waals surface area contributed by atoms with Gasteiger partial charge in [0.25, 0.3) is 0 Å². The van der Waals surface area contributed by atoms with Gasteiger partial charge >= 0.3 is 17.9 Å². The van der Waals surface area contributed by atoms with E-state index in [1.54, 1.807) is 48.5 Å². The average molecular weight is 316 g/mol. The summed E-state index contributed by atoms with van der Waals surface area (Å²) in [5.74, 6) is -4.55. The van der Waals surface area contributed by atoms with Crippen molar-refractivity contribution in [1.29, 1.82) is 0 Å². The first-order chi connectivity index (χ1) is 9.78. The van der Waals surface area contributed by atoms with Crippen LogP contribution in [0.5, 0.6) is 0 Å². The number of rotatable bonds is 5. The van der Waals surface area contributed by atoms with Crippen LogP contribution in [0.2, 0.25) is 0 Å². The Balaban J connectivity index is 5.35. The van der Waals surface area contributed by atoms with Crippen LogP contribution in [-0.4, -0.2) is 35.7 Å². The molecule has 22 heavy (non-hydrogen) atoms. The van der Waals surface area contributed by atoms with Crippen LogP contribution in [0.4, 0.5) is 0 Å². The molecular formula is C16H28O6. The number of hydrogen-bond acceptors (Lipinski definition) is 6. The number of carbonyl (C=O) groups is 3. The second-order valence-corrected chi connectivity index (χ2v) is 7.09. The van der Waals surface area contributed by atoms with E-state index in [4.69, 9.17) is 14.2 Å². The molecule has 0 amide bonds. The first kappa shape index (κ1) is 20.4. The highest BCUT2D eigenvalue weighted by Gasteiger charge is 2.42. The van der Waals surface area contributed by atoms with Crippen molar-refractivity contribution < 1.29 is 28.6 Å². The Hall–Kier alpha value is -1.59. The summed E-state index contributed by atoms with van der Waals surface area (Å²) in [6.07, 6.45) is 0. The van der Waals surface area contributed by atoms with E-state index in [1.165, 1.54) is 6.92 Å². The van der Waals surface area contributed by atoms with Gasteiger partial charge in [0.05, 0.1) is 12.5 Å². The third-order valence-corrected chi connectivity index (χ3v) is 2.48. The normalized spacial score (nSPS) is 13.5. The summed E-state index contributed by atoms with van der Waals surface area (Å²) in [7, 11) is 0. The van der Waals surface area contributed by atoms with E-state index in [2.05, 4.69) is 0 Å². The van der Waals surface area contributed by atoms with Crippen molar-refractivity contribution in [3.05, 3.63) is 0 Å². The molecule has 0 spiro atoms. The average Bonchev–Trinajstić information content (AvgIpc) is 2.23. The number of carbonyl (C=O) groups excluding carboxylic acids is 3. The first-order valence-electron chi connectivity index (χ1n) is 7.41. The molecule has 0 saturated carbocycles. The molecular weight excluding hydrogens is 288 g/mol. The van der Waals surface area contributed by atoms with Crippen LogP contribution in [0.25, 0.3) is 0 Å². The van der Waals surface area contributed by atoms with E-state index in [0.29, 0.717) is 0 Å². The molecule has 0 N–H and O–H groups in total. The van der Waals surface area contributed by atoms with Gasteiger partial charge in [-0.25, -0.2) is 0 Å². The Kier molecular flexibility index (Phi) is 7.06. The van der Waals surface area contributed by atoms with Crippen LogP contribution in [-0.2, 0) is 28.6 Å². The molecule has 0 aliphatic rings. The second kappa shape index (κ2) is 7.61. The highest BCUT2D eigenvalue weighted by molar-refractivity contribution is 5.99. The molecule has 0 aliphatic carbocycles. The van der Waals surface area contributed by atoms with Crippen LogP contribution in [0.15, 0.2) is 0 Å². The third kappa shape index (κ3) is 7.43. The van der Waals surface area contributed by atoms with Crippen LogP contribution in [0.1, 0.15) is 55.4 Å². The van der Waals surface area contributed by atoms with Crippen molar-refractivity contribution in [1.82, 2.24) is 0 Å². The van der Waals surface area contributed by atoms with Crippen LogP contribution in [0.3, 0.4) is 0 Å². The Morgan fingerprint density at radius 3 is 1.45 bits per heavy atom. The van der Waals surface area contributed by atoms with Crippen molar-refractivity contribution in [3.8, 4) is 0 Å². The van der Waals surface area contributed by atoms with Crippen molar-refractivity contribution >= 4 is 17.9 Å². The minimum atomic E-state index is -1.35. The number of ether oxygens (including phenoxy) is 3. The fraction of sp³-hybridized carbons (Fsp3) is 0.812. The molecule has 128 valence electrons. The van der Waals surface area contributed by atoms with E-state index in [0.717, 1.165) is 0 Å². The largest absolute Gasteiger partial charge is 0.466 e. The van der Waals surface area contributed by atoms with Crippen molar-refractivity contribution in [2.45, 2.75) is 66.6 Å². The predicted molar refractivity (Wildman–Crippen MR) is 81.0 cm³/mol. The maximum Gasteiger partial charge on any atom is 0.321 e. The molecule has 0 aliphatic heterocycles. The summed E-state index contributed by atoms with van der Waals surface area (Å²) in [6.45, 7) is 13.4. The van der Waals surface area contributed by atoms with Crippen molar-refractivity contribution in [2.75, 3.05) is 6.61 Å². The van der Waals surface area contributed by atoms with Gasteiger partial charge in [0, 0.05) is 0 Å². The SMILES string of the molecule is CCOC(=O)[C@@H](C)C(C(=O)OC(C)(C)C)C(=O)OC(C)(C)C. The minimum Gasteiger partial charge on any atom is -0.466 e. The van der Waals surface area contributed by atoms with Gasteiger partial charge in [-0.15, -0.1) is 0 Å². The fourth-order valence-corrected chi connectivity index (χ4v) is 1.64. The lowest BCUT2D eigenvalue weighted by Gasteiger charge is -2.28. The van der Waals surface area contributed by atoms with E-state index in [-0.39, 0.29) is 6.61 Å². The summed E-state index contributed by atoms with van der Waals surface area (Å²) >= 11 is 0. The van der Waals surface area contributed by atoms with Gasteiger partial charge in [0.15, 0.2) is 5.92 Å². The number of esters is 3. The minimum absolute atomic E-state index is 0.165. The van der Waals surface area contributed by atoms with Crippen LogP contribution >= 0.6 is 0 Å². The first-order valence-corrected chi connectivity index (χ1v) is 7.41. The molecule has 0 aromatic heterocycles. The van der Waals surface area contributed by atoms with Gasteiger partial charge in [0.2, 0.25) is 0 Å². The molecule has 0 bridgehead atoms. The van der Waals surface area contributed by atoms with E-state index in [1.807, 2.05) is 0 Å². The lowest BCUT2D eigenvalue weighted by Crippen LogP contribution is -2.42. The Morgan fingerprint density at radius 2 is 1.18 bits per heavy atom. The maximum absolute atomic E-state index is 12.3. The zero-order valence-corrected chi connectivity index (χ0v) is 14.8. The Labute approximate surface area is 132 Å². The van der Waals surface area contributed by atoms with E-state index >= 15 is 0 Å². The highest BCUT2D eigenvalue weighted by atomic mass is 16.6. The third-order valence-electron chi connectivity index (χ3n) is 2.48. The Morgan fingerprint density at radius 1 is 0.818 bits per heavy atom. The zero-order valence-electron chi connectivity index (χ0n) is 14.8. The molecule has 0 fully saturated rings. The van der Waals surface area contributed by atoms with Gasteiger partial charge in [-0.1, -0.05) is 6.92 Å². The molecule has 0 aromatic rings. The zero-order chi connectivity index (χ0) is 17.7. The molecule has 0 saturated heterocycles. The van der Waals surface area contributed by atoms with E-state index in [9.17, 15) is 14.4 Å². The molecule has 0 unspecified atom stereocenters. The van der Waals surface area contributed by atoms with E-state index < -0.39 is 40.9 Å². The topological polar surface area (TPSA) is 78.9 Å². The fourth-order valence-electron chi connectivity index (χ4n) is 1.64. The van der Waals surface area contributed by atoms with Gasteiger partial charge in [-0.3, -0.25) is 14.4 Å². The molecule has 6 nitrogen and oxygen atoms in total. The lowest BCUT2D eigenvalue weighted by molar-refractivity contribution is -0.181. The van der Waals surface area contributed by atoms with Crippen molar-refractivity contribution in [2.24, 2.45) is 11.8 Å². The Bertz CT molecular complexity index is 385. The summed E-state index contributed by atoms with van der Waals surface area (Å²) in [5, 5.41) is 0. The number of hydrogen-bond donors (Lipinski definition) is 0. The smallest absolute Gasteiger partial charge is 0.321 e. The summed E-state index contributed by atoms with van der Waals surface area (Å²) < 4.78 is 15.4. The standard InChI is InChI=1S/C16H28O6/c1-9-20-12(17)10(2)11(13(18)21-15(3,4)5)14(19)22-16(6,7)8/h10-11H,9H2,1-8H3/t10-/m0/s1. The van der Waals surface area contributed by atoms with Crippen molar-refractivity contribution in [3.63, 3.8) is 0 Å². The lowest BCUT2D eigenvalue weighted by atomic mass is 9.93. The molecule has 0 heterocycles. The van der Waals surface area contributed by atoms with Gasteiger partial charge < -0.3 is 14.2 Å². The predicted octanol–water partition coefficient (Wildman–Crippen LogP) is 2.49. The van der Waals surface area contributed by atoms with Gasteiger partial charge in [0.1, 0.15) is 11.2 Å². The molecule has 1 atom stereocenters. The monoisotopic (exact) mass is 316 g/mol. The van der Waals surface area contributed by atoms with Crippen LogP contribution in [0, 0.1) is 11.8 Å². The summed E-state index contributed by atoms with van der Waals surface area (Å²) in [4.78, 5) is 36.5. The molecule has 0 aromatic carbocycles. The highest BCUT2D eigenvalue weighted by Crippen LogP contribution is 2.23. The molecule has 6 heteroatoms. The maximum atomic E-state index is 12.3. The summed E-state index contributed by atoms with van der Waals surface area (Å²) in [5.41, 5.74) is -1.54. The van der Waals surface area contributed by atoms with Crippen LogP contribution < -0.4 is 0 Å². The second-order valence-electron chi connectivity index (χ2n) is 7.09. The van der Waals surface area contributed by atoms with Gasteiger partial charge in [-0.05, 0) is 48.5 Å². The quantitative estimate of drug-likeness (QED) is 0.440.